The molecule has 3 nitrogen and oxygen atoms in total. The van der Waals surface area contributed by atoms with Crippen LogP contribution < -0.4 is 0 Å². The van der Waals surface area contributed by atoms with Crippen molar-refractivity contribution in [3.63, 3.8) is 0 Å². The molecule has 0 bridgehead atoms. The molecular formula is C62H35NO2. The first-order chi connectivity index (χ1) is 32.2. The molecule has 0 unspecified atom stereocenters. The Morgan fingerprint density at radius 3 is 1.11 bits per heavy atom. The fraction of sp³-hybridized carbons (Fsp3) is 0. The Hall–Kier alpha value is -8.66. The number of hydrogen-bond acceptors (Lipinski definition) is 2. The standard InChI is InChI=1S/C62H35NO2/c1-3-12-44-42(10-1)32-52-60(58(44)38-24-20-36(21-25-38)40-28-30-48-46-14-5-7-18-54(46)64-56(48)34-40)50-16-9-17-51-61-53(63(52)62(50)51)33-43-11-2-4-13-45(43)59(61)39-26-22-37(23-27-39)41-29-31-49-47-15-6-8-19-55(47)65-57(49)35-41/h1-35H. The number of benzene rings is 11. The molecule has 3 heteroatoms. The first kappa shape index (κ1) is 34.9. The molecule has 0 saturated carbocycles. The highest BCUT2D eigenvalue weighted by atomic mass is 16.3. The van der Waals surface area contributed by atoms with Gasteiger partial charge >= 0.3 is 0 Å². The quantitative estimate of drug-likeness (QED) is 0.177. The van der Waals surface area contributed by atoms with E-state index in [1.165, 1.54) is 81.9 Å². The average Bonchev–Trinajstić information content (AvgIpc) is 4.12. The average molecular weight is 826 g/mol. The molecule has 4 heterocycles. The summed E-state index contributed by atoms with van der Waals surface area (Å²) in [6, 6.07) is 77.4. The van der Waals surface area contributed by atoms with Crippen molar-refractivity contribution >= 4 is 104 Å². The van der Waals surface area contributed by atoms with Crippen LogP contribution in [0.2, 0.25) is 0 Å². The molecule has 0 aliphatic rings. The van der Waals surface area contributed by atoms with Gasteiger partial charge in [0.2, 0.25) is 0 Å². The number of rotatable bonds is 4. The van der Waals surface area contributed by atoms with Crippen molar-refractivity contribution in [2.75, 3.05) is 0 Å². The molecule has 0 amide bonds. The molecule has 0 fully saturated rings. The van der Waals surface area contributed by atoms with Crippen LogP contribution in [0.1, 0.15) is 0 Å². The Labute approximate surface area is 371 Å². The number of aromatic nitrogens is 1. The van der Waals surface area contributed by atoms with E-state index >= 15 is 0 Å². The summed E-state index contributed by atoms with van der Waals surface area (Å²) in [5, 5.41) is 14.6. The van der Waals surface area contributed by atoms with Gasteiger partial charge in [-0.2, -0.15) is 0 Å². The van der Waals surface area contributed by atoms with Gasteiger partial charge in [-0.1, -0.05) is 164 Å². The highest BCUT2D eigenvalue weighted by Crippen LogP contribution is 2.49. The van der Waals surface area contributed by atoms with Crippen LogP contribution >= 0.6 is 0 Å². The lowest BCUT2D eigenvalue weighted by Gasteiger charge is -2.14. The normalized spacial score (nSPS) is 12.3. The van der Waals surface area contributed by atoms with Crippen LogP contribution in [0.5, 0.6) is 0 Å². The molecule has 11 aromatic carbocycles. The van der Waals surface area contributed by atoms with E-state index in [0.29, 0.717) is 0 Å². The minimum Gasteiger partial charge on any atom is -0.456 e. The maximum Gasteiger partial charge on any atom is 0.136 e. The maximum absolute atomic E-state index is 6.28. The van der Waals surface area contributed by atoms with Crippen molar-refractivity contribution in [3.05, 3.63) is 212 Å². The predicted molar refractivity (Wildman–Crippen MR) is 272 cm³/mol. The number of hydrogen-bond donors (Lipinski definition) is 0. The van der Waals surface area contributed by atoms with Gasteiger partial charge in [-0.15, -0.1) is 0 Å². The molecule has 4 aromatic heterocycles. The van der Waals surface area contributed by atoms with Gasteiger partial charge in [0.1, 0.15) is 22.3 Å². The fourth-order valence-corrected chi connectivity index (χ4v) is 11.2. The highest BCUT2D eigenvalue weighted by molar-refractivity contribution is 6.32. The van der Waals surface area contributed by atoms with Crippen LogP contribution in [0, 0.1) is 0 Å². The fourth-order valence-electron chi connectivity index (χ4n) is 11.2. The Bertz CT molecular complexity index is 4170. The third-order valence-corrected chi connectivity index (χ3v) is 14.1. The highest BCUT2D eigenvalue weighted by Gasteiger charge is 2.25. The van der Waals surface area contributed by atoms with E-state index < -0.39 is 0 Å². The lowest BCUT2D eigenvalue weighted by atomic mass is 9.90. The van der Waals surface area contributed by atoms with Gasteiger partial charge in [0.15, 0.2) is 0 Å². The summed E-state index contributed by atoms with van der Waals surface area (Å²) in [4.78, 5) is 0. The van der Waals surface area contributed by atoms with Gasteiger partial charge in [0.05, 0.1) is 16.6 Å². The third kappa shape index (κ3) is 4.90. The SMILES string of the molecule is c1ccc2c(-c3ccc(-c4ccc5c(c4)oc4ccccc45)cc3)c3c4cccc5c6c(-c7ccc(-c8ccc9c(c8)oc8ccccc89)cc7)c7ccccc7cc6n(c3cc2c1)c45. The Morgan fingerprint density at radius 1 is 0.262 bits per heavy atom. The summed E-state index contributed by atoms with van der Waals surface area (Å²) in [6.07, 6.45) is 0. The number of furan rings is 2. The van der Waals surface area contributed by atoms with Crippen molar-refractivity contribution in [2.24, 2.45) is 0 Å². The van der Waals surface area contributed by atoms with E-state index in [1.807, 2.05) is 24.3 Å². The van der Waals surface area contributed by atoms with Gasteiger partial charge in [-0.25, -0.2) is 0 Å². The summed E-state index contributed by atoms with van der Waals surface area (Å²) >= 11 is 0. The number of para-hydroxylation sites is 3. The van der Waals surface area contributed by atoms with Crippen molar-refractivity contribution < 1.29 is 8.83 Å². The van der Waals surface area contributed by atoms with E-state index in [9.17, 15) is 0 Å². The smallest absolute Gasteiger partial charge is 0.136 e. The van der Waals surface area contributed by atoms with Gasteiger partial charge in [-0.3, -0.25) is 0 Å². The Morgan fingerprint density at radius 2 is 0.631 bits per heavy atom. The van der Waals surface area contributed by atoms with Gasteiger partial charge in [-0.05, 0) is 115 Å². The lowest BCUT2D eigenvalue weighted by molar-refractivity contribution is 0.668. The molecule has 15 aromatic rings. The van der Waals surface area contributed by atoms with E-state index in [0.717, 1.165) is 66.1 Å². The maximum atomic E-state index is 6.28. The summed E-state index contributed by atoms with van der Waals surface area (Å²) < 4.78 is 15.1. The zero-order valence-corrected chi connectivity index (χ0v) is 35.0. The molecule has 0 aliphatic heterocycles. The zero-order chi connectivity index (χ0) is 42.3. The van der Waals surface area contributed by atoms with Crippen LogP contribution in [0.3, 0.4) is 0 Å². The van der Waals surface area contributed by atoms with Crippen LogP contribution in [-0.2, 0) is 0 Å². The van der Waals surface area contributed by atoms with Crippen LogP contribution in [0.25, 0.3) is 148 Å². The van der Waals surface area contributed by atoms with E-state index in [4.69, 9.17) is 8.83 Å². The Kier molecular flexibility index (Phi) is 6.95. The summed E-state index contributed by atoms with van der Waals surface area (Å²) in [6.45, 7) is 0. The summed E-state index contributed by atoms with van der Waals surface area (Å²) in [5.74, 6) is 0. The largest absolute Gasteiger partial charge is 0.456 e. The molecule has 0 N–H and O–H groups in total. The third-order valence-electron chi connectivity index (χ3n) is 14.1. The monoisotopic (exact) mass is 825 g/mol. The first-order valence-electron chi connectivity index (χ1n) is 22.3. The van der Waals surface area contributed by atoms with E-state index in [2.05, 4.69) is 192 Å². The number of nitrogens with zero attached hydrogens (tertiary/aromatic N) is 1. The topological polar surface area (TPSA) is 30.7 Å². The van der Waals surface area contributed by atoms with Gasteiger partial charge < -0.3 is 13.2 Å². The van der Waals surface area contributed by atoms with E-state index in [1.54, 1.807) is 0 Å². The molecule has 0 radical (unpaired) electrons. The molecule has 300 valence electrons. The van der Waals surface area contributed by atoms with Gasteiger partial charge in [0.25, 0.3) is 0 Å². The predicted octanol–water partition coefficient (Wildman–Crippen LogP) is 17.6. The second-order valence-corrected chi connectivity index (χ2v) is 17.5. The van der Waals surface area contributed by atoms with Crippen molar-refractivity contribution in [2.45, 2.75) is 0 Å². The minimum atomic E-state index is 0.909. The zero-order valence-electron chi connectivity index (χ0n) is 35.0. The van der Waals surface area contributed by atoms with Crippen molar-refractivity contribution in [1.82, 2.24) is 4.40 Å². The summed E-state index contributed by atoms with van der Waals surface area (Å²) in [7, 11) is 0. The van der Waals surface area contributed by atoms with Crippen molar-refractivity contribution in [1.29, 1.82) is 0 Å². The molecule has 65 heavy (non-hydrogen) atoms. The first-order valence-corrected chi connectivity index (χ1v) is 22.3. The van der Waals surface area contributed by atoms with Crippen LogP contribution in [0.15, 0.2) is 221 Å². The van der Waals surface area contributed by atoms with Gasteiger partial charge in [0, 0.05) is 43.1 Å². The van der Waals surface area contributed by atoms with Crippen molar-refractivity contribution in [3.8, 4) is 44.5 Å². The Balaban J connectivity index is 0.921. The molecule has 0 saturated heterocycles. The van der Waals surface area contributed by atoms with Crippen LogP contribution in [0.4, 0.5) is 0 Å². The number of fused-ring (bicyclic) bond motifs is 14. The molecular weight excluding hydrogens is 791 g/mol. The molecule has 0 atom stereocenters. The summed E-state index contributed by atoms with van der Waals surface area (Å²) in [5.41, 5.74) is 16.9. The lowest BCUT2D eigenvalue weighted by Crippen LogP contribution is -1.89. The second kappa shape index (κ2) is 12.9. The molecule has 15 rings (SSSR count). The molecule has 0 aliphatic carbocycles. The van der Waals surface area contributed by atoms with E-state index in [-0.39, 0.29) is 0 Å². The van der Waals surface area contributed by atoms with Crippen LogP contribution in [-0.4, -0.2) is 4.40 Å². The second-order valence-electron chi connectivity index (χ2n) is 17.5. The minimum absolute atomic E-state index is 0.909. The molecule has 0 spiro atoms.